The fraction of sp³-hybridized carbons (Fsp3) is 0.391. The van der Waals surface area contributed by atoms with Crippen LogP contribution in [0.4, 0.5) is 5.13 Å². The van der Waals surface area contributed by atoms with Crippen LogP contribution in [-0.4, -0.2) is 62.7 Å². The lowest BCUT2D eigenvalue weighted by molar-refractivity contribution is -0.134. The molecule has 9 nitrogen and oxygen atoms in total. The van der Waals surface area contributed by atoms with Crippen LogP contribution in [0, 0.1) is 0 Å². The third-order valence-electron chi connectivity index (χ3n) is 5.98. The Kier molecular flexibility index (Phi) is 7.36. The molecule has 0 spiro atoms. The topological polar surface area (TPSA) is 118 Å². The number of rotatable bonds is 9. The number of carbonyl (C=O) groups excluding carboxylic acids is 1. The number of amides is 1. The van der Waals surface area contributed by atoms with E-state index in [4.69, 9.17) is 14.7 Å². The van der Waals surface area contributed by atoms with E-state index in [1.54, 1.807) is 23.5 Å². The van der Waals surface area contributed by atoms with Gasteiger partial charge < -0.3 is 14.4 Å². The molecule has 1 saturated heterocycles. The summed E-state index contributed by atoms with van der Waals surface area (Å²) in [5, 5.41) is 10.1. The zero-order chi connectivity index (χ0) is 24.2. The fourth-order valence-electron chi connectivity index (χ4n) is 3.97. The van der Waals surface area contributed by atoms with Crippen molar-refractivity contribution < 1.29 is 27.9 Å². The molecule has 1 fully saturated rings. The minimum Gasteiger partial charge on any atom is -0.494 e. The zero-order valence-electron chi connectivity index (χ0n) is 18.8. The van der Waals surface area contributed by atoms with E-state index in [0.29, 0.717) is 12.4 Å². The van der Waals surface area contributed by atoms with Crippen LogP contribution in [0.1, 0.15) is 19.3 Å². The fourth-order valence-corrected chi connectivity index (χ4v) is 6.86. The van der Waals surface area contributed by atoms with Gasteiger partial charge in [0.2, 0.25) is 0 Å². The molecule has 3 aromatic rings. The number of nitrogens with one attached hydrogen (secondary N) is 1. The second-order valence-corrected chi connectivity index (χ2v) is 11.4. The van der Waals surface area contributed by atoms with Gasteiger partial charge in [-0.2, -0.15) is 0 Å². The first kappa shape index (κ1) is 24.4. The van der Waals surface area contributed by atoms with Crippen LogP contribution in [-0.2, 0) is 19.4 Å². The van der Waals surface area contributed by atoms with E-state index in [-0.39, 0.29) is 31.0 Å². The lowest BCUT2D eigenvalue weighted by Gasteiger charge is -2.34. The molecular formula is C23H27N3O6S2. The molecule has 1 aliphatic heterocycles. The van der Waals surface area contributed by atoms with Gasteiger partial charge in [-0.15, -0.1) is 0 Å². The lowest BCUT2D eigenvalue weighted by atomic mass is 9.98. The predicted molar refractivity (Wildman–Crippen MR) is 129 cm³/mol. The Labute approximate surface area is 202 Å². The summed E-state index contributed by atoms with van der Waals surface area (Å²) >= 11 is 1.64. The van der Waals surface area contributed by atoms with Crippen LogP contribution in [0.5, 0.6) is 5.75 Å². The maximum atomic E-state index is 13.3. The number of sulfone groups is 1. The molecule has 0 unspecified atom stereocenters. The minimum absolute atomic E-state index is 0.000851. The van der Waals surface area contributed by atoms with Gasteiger partial charge >= 0.3 is 0 Å². The highest BCUT2D eigenvalue weighted by atomic mass is 32.2. The number of thiazole rings is 1. The van der Waals surface area contributed by atoms with Crippen molar-refractivity contribution in [1.29, 1.82) is 0 Å². The second-order valence-electron chi connectivity index (χ2n) is 8.11. The van der Waals surface area contributed by atoms with Crippen molar-refractivity contribution in [2.45, 2.75) is 28.9 Å². The van der Waals surface area contributed by atoms with Gasteiger partial charge in [-0.25, -0.2) is 18.9 Å². The van der Waals surface area contributed by atoms with Crippen LogP contribution in [0.25, 0.3) is 10.2 Å². The van der Waals surface area contributed by atoms with Gasteiger partial charge in [-0.3, -0.25) is 10.0 Å². The predicted octanol–water partition coefficient (Wildman–Crippen LogP) is 3.03. The van der Waals surface area contributed by atoms with Crippen LogP contribution >= 0.6 is 11.3 Å². The summed E-state index contributed by atoms with van der Waals surface area (Å²) in [6.07, 6.45) is 0.705. The third-order valence-corrected chi connectivity index (χ3v) is 9.65. The van der Waals surface area contributed by atoms with Gasteiger partial charge in [0.05, 0.1) is 21.7 Å². The third kappa shape index (κ3) is 4.74. The van der Waals surface area contributed by atoms with E-state index >= 15 is 0 Å². The quantitative estimate of drug-likeness (QED) is 0.259. The molecule has 4 rings (SSSR count). The first-order valence-electron chi connectivity index (χ1n) is 10.9. The van der Waals surface area contributed by atoms with E-state index in [1.165, 1.54) is 17.6 Å². The number of para-hydroxylation sites is 1. The summed E-state index contributed by atoms with van der Waals surface area (Å²) < 4.78 is 37.0. The molecule has 0 bridgehead atoms. The number of hydrogen-bond donors (Lipinski definition) is 2. The minimum atomic E-state index is -4.05. The summed E-state index contributed by atoms with van der Waals surface area (Å²) in [4.78, 5) is 19.1. The number of hydrogen-bond acceptors (Lipinski definition) is 9. The molecule has 182 valence electrons. The van der Waals surface area contributed by atoms with Gasteiger partial charge in [-0.1, -0.05) is 23.5 Å². The van der Waals surface area contributed by atoms with Crippen LogP contribution in [0.15, 0.2) is 53.4 Å². The standard InChI is InChI=1S/C23H27N3O6S2/c1-26(22-24-19-5-2-3-6-20(19)33-22)13-4-14-32-17-7-9-18(10-8-17)34(29,30)23(21(27)25-28)11-15-31-16-12-23/h2-3,5-10,28H,4,11-16H2,1H3,(H,25,27). The summed E-state index contributed by atoms with van der Waals surface area (Å²) in [7, 11) is -2.06. The SMILES string of the molecule is CN(CCCOc1ccc(S(=O)(=O)C2(C(=O)NO)CCOCC2)cc1)c1nc2ccccc2s1. The highest BCUT2D eigenvalue weighted by Gasteiger charge is 2.52. The Bertz CT molecular complexity index is 1200. The van der Waals surface area contributed by atoms with Crippen molar-refractivity contribution in [1.82, 2.24) is 10.5 Å². The smallest absolute Gasteiger partial charge is 0.265 e. The first-order valence-corrected chi connectivity index (χ1v) is 13.2. The number of benzene rings is 2. The Balaban J connectivity index is 1.34. The number of aromatic nitrogens is 1. The average Bonchev–Trinajstić information content (AvgIpc) is 3.31. The maximum Gasteiger partial charge on any atom is 0.265 e. The van der Waals surface area contributed by atoms with E-state index in [1.807, 2.05) is 25.2 Å². The molecular weight excluding hydrogens is 478 g/mol. The Morgan fingerprint density at radius 3 is 2.59 bits per heavy atom. The van der Waals surface area contributed by atoms with E-state index in [9.17, 15) is 13.2 Å². The summed E-state index contributed by atoms with van der Waals surface area (Å²) in [6.45, 7) is 1.46. The van der Waals surface area contributed by atoms with Crippen molar-refractivity contribution in [2.75, 3.05) is 38.3 Å². The molecule has 1 aromatic heterocycles. The molecule has 0 aliphatic carbocycles. The van der Waals surface area contributed by atoms with Gasteiger partial charge in [0.1, 0.15) is 5.75 Å². The van der Waals surface area contributed by atoms with Gasteiger partial charge in [0.25, 0.3) is 5.91 Å². The average molecular weight is 506 g/mol. The molecule has 0 radical (unpaired) electrons. The van der Waals surface area contributed by atoms with Gasteiger partial charge in [0, 0.05) is 26.8 Å². The highest BCUT2D eigenvalue weighted by Crippen LogP contribution is 2.36. The van der Waals surface area contributed by atoms with Gasteiger partial charge in [-0.05, 0) is 55.7 Å². The molecule has 1 amide bonds. The maximum absolute atomic E-state index is 13.3. The second kappa shape index (κ2) is 10.3. The Hall–Kier alpha value is -2.73. The van der Waals surface area contributed by atoms with Crippen molar-refractivity contribution in [3.05, 3.63) is 48.5 Å². The Morgan fingerprint density at radius 2 is 1.91 bits per heavy atom. The van der Waals surface area contributed by atoms with Crippen LogP contribution in [0.2, 0.25) is 0 Å². The van der Waals surface area contributed by atoms with Crippen molar-refractivity contribution in [3.63, 3.8) is 0 Å². The normalized spacial score (nSPS) is 15.7. The molecule has 2 heterocycles. The summed E-state index contributed by atoms with van der Waals surface area (Å²) in [5.41, 5.74) is 2.51. The summed E-state index contributed by atoms with van der Waals surface area (Å²) in [5.74, 6) is -0.400. The van der Waals surface area contributed by atoms with E-state index < -0.39 is 20.5 Å². The zero-order valence-corrected chi connectivity index (χ0v) is 20.4. The number of hydroxylamine groups is 1. The summed E-state index contributed by atoms with van der Waals surface area (Å²) in [6, 6.07) is 14.0. The van der Waals surface area contributed by atoms with Crippen molar-refractivity contribution in [3.8, 4) is 5.75 Å². The monoisotopic (exact) mass is 505 g/mol. The van der Waals surface area contributed by atoms with Crippen LogP contribution in [0.3, 0.4) is 0 Å². The number of ether oxygens (including phenoxy) is 2. The molecule has 2 N–H and O–H groups in total. The molecule has 11 heteroatoms. The van der Waals surface area contributed by atoms with Crippen LogP contribution < -0.4 is 15.1 Å². The molecule has 34 heavy (non-hydrogen) atoms. The number of carbonyl (C=O) groups is 1. The molecule has 0 saturated carbocycles. The van der Waals surface area contributed by atoms with E-state index in [0.717, 1.165) is 28.3 Å². The largest absolute Gasteiger partial charge is 0.494 e. The number of anilines is 1. The van der Waals surface area contributed by atoms with E-state index in [2.05, 4.69) is 16.0 Å². The molecule has 1 aliphatic rings. The Morgan fingerprint density at radius 1 is 1.21 bits per heavy atom. The van der Waals surface area contributed by atoms with Crippen molar-refractivity contribution in [2.24, 2.45) is 0 Å². The molecule has 0 atom stereocenters. The number of fused-ring (bicyclic) bond motifs is 1. The van der Waals surface area contributed by atoms with Gasteiger partial charge in [0.15, 0.2) is 19.7 Å². The van der Waals surface area contributed by atoms with Crippen molar-refractivity contribution >= 4 is 42.4 Å². The number of nitrogens with zero attached hydrogens (tertiary/aromatic N) is 2. The highest BCUT2D eigenvalue weighted by molar-refractivity contribution is 7.93. The molecule has 2 aromatic carbocycles. The first-order chi connectivity index (χ1) is 16.4. The lowest BCUT2D eigenvalue weighted by Crippen LogP contribution is -2.54.